The largest absolute Gasteiger partial charge is 0.474 e. The Morgan fingerprint density at radius 3 is 1.59 bits per heavy atom. The van der Waals surface area contributed by atoms with Crippen LogP contribution in [0.2, 0.25) is 0 Å². The molecule has 0 unspecified atom stereocenters. The average Bonchev–Trinajstić information content (AvgIpc) is 2.13. The Morgan fingerprint density at radius 1 is 0.941 bits per heavy atom. The van der Waals surface area contributed by atoms with Crippen molar-refractivity contribution in [3.05, 3.63) is 25.7 Å². The lowest BCUT2D eigenvalue weighted by molar-refractivity contribution is -0.198. The first-order valence-electron chi connectivity index (χ1n) is 6.31. The molecule has 3 nitrogen and oxygen atoms in total. The quantitative estimate of drug-likeness (QED) is 0.726. The minimum Gasteiger partial charge on any atom is -0.474 e. The number of rotatable bonds is 2. The summed E-state index contributed by atoms with van der Waals surface area (Å²) in [6.07, 6.45) is 8.33. The lowest BCUT2D eigenvalue weighted by Crippen LogP contribution is -2.58. The van der Waals surface area contributed by atoms with Gasteiger partial charge < -0.3 is 14.9 Å². The van der Waals surface area contributed by atoms with E-state index in [9.17, 15) is 10.2 Å². The van der Waals surface area contributed by atoms with E-state index >= 15 is 0 Å². The summed E-state index contributed by atoms with van der Waals surface area (Å²) in [7, 11) is 0. The van der Waals surface area contributed by atoms with Crippen LogP contribution in [0.15, 0.2) is 25.7 Å². The fraction of sp³-hybridized carbons (Fsp3) is 0.714. The molecule has 4 aliphatic rings. The van der Waals surface area contributed by atoms with Crippen LogP contribution < -0.4 is 0 Å². The highest BCUT2D eigenvalue weighted by molar-refractivity contribution is 5.08. The van der Waals surface area contributed by atoms with Crippen molar-refractivity contribution in [1.82, 2.24) is 0 Å². The minimum absolute atomic E-state index is 0.487. The van der Waals surface area contributed by atoms with Crippen molar-refractivity contribution in [2.24, 2.45) is 11.8 Å². The smallest absolute Gasteiger partial charge is 0.0829 e. The fourth-order valence-electron chi connectivity index (χ4n) is 4.23. The van der Waals surface area contributed by atoms with Gasteiger partial charge in [0.2, 0.25) is 0 Å². The zero-order valence-corrected chi connectivity index (χ0v) is 10.3. The number of aliphatic hydroxyl groups is 2. The number of hydrogen-bond donors (Lipinski definition) is 2. The molecule has 0 radical (unpaired) electrons. The summed E-state index contributed by atoms with van der Waals surface area (Å²) >= 11 is 0. The summed E-state index contributed by atoms with van der Waals surface area (Å²) in [5.41, 5.74) is -0.975. The number of hydrogen-bond acceptors (Lipinski definition) is 3. The molecule has 0 aromatic heterocycles. The second-order valence-corrected chi connectivity index (χ2v) is 5.88. The predicted molar refractivity (Wildman–Crippen MR) is 66.1 cm³/mol. The van der Waals surface area contributed by atoms with Crippen molar-refractivity contribution < 1.29 is 14.9 Å². The van der Waals surface area contributed by atoms with Crippen LogP contribution in [0.4, 0.5) is 0 Å². The Hall–Kier alpha value is -0.800. The van der Waals surface area contributed by atoms with Crippen LogP contribution >= 0.6 is 0 Å². The highest BCUT2D eigenvalue weighted by atomic mass is 16.5. The molecule has 17 heavy (non-hydrogen) atoms. The zero-order valence-electron chi connectivity index (χ0n) is 10.3. The van der Waals surface area contributed by atoms with Crippen LogP contribution in [0.25, 0.3) is 0 Å². The molecule has 0 heterocycles. The van der Waals surface area contributed by atoms with E-state index in [1.54, 1.807) is 0 Å². The van der Waals surface area contributed by atoms with Gasteiger partial charge in [0.25, 0.3) is 0 Å². The molecule has 4 fully saturated rings. The first kappa shape index (κ1) is 12.7. The predicted octanol–water partition coefficient (Wildman–Crippen LogP) is 2.35. The summed E-state index contributed by atoms with van der Waals surface area (Å²) in [6.45, 7) is 6.51. The van der Waals surface area contributed by atoms with E-state index in [2.05, 4.69) is 17.9 Å². The number of ether oxygens (including phenoxy) is 1. The average molecular weight is 238 g/mol. The minimum atomic E-state index is -0.487. The zero-order chi connectivity index (χ0) is 12.5. The Morgan fingerprint density at radius 2 is 1.35 bits per heavy atom. The Bertz CT molecular complexity index is 271. The molecule has 4 aliphatic carbocycles. The third-order valence-corrected chi connectivity index (χ3v) is 4.19. The molecule has 4 rings (SSSR count). The summed E-state index contributed by atoms with van der Waals surface area (Å²) in [6, 6.07) is 0. The van der Waals surface area contributed by atoms with E-state index in [0.29, 0.717) is 18.3 Å². The van der Waals surface area contributed by atoms with Crippen LogP contribution in [0.1, 0.15) is 38.5 Å². The van der Waals surface area contributed by atoms with Crippen molar-refractivity contribution in [3.8, 4) is 0 Å². The molecule has 0 saturated heterocycles. The third kappa shape index (κ3) is 2.72. The third-order valence-electron chi connectivity index (χ3n) is 4.19. The van der Waals surface area contributed by atoms with Gasteiger partial charge >= 0.3 is 0 Å². The van der Waals surface area contributed by atoms with Crippen molar-refractivity contribution in [1.29, 1.82) is 0 Å². The van der Waals surface area contributed by atoms with Gasteiger partial charge in [0.05, 0.1) is 23.7 Å². The Kier molecular flexibility index (Phi) is 3.32. The normalized spacial score (nSPS) is 45.8. The van der Waals surface area contributed by atoms with Gasteiger partial charge in [0.15, 0.2) is 0 Å². The van der Waals surface area contributed by atoms with Gasteiger partial charge in [-0.25, -0.2) is 0 Å². The summed E-state index contributed by atoms with van der Waals surface area (Å²) < 4.78 is 4.36. The second-order valence-electron chi connectivity index (χ2n) is 5.88. The molecule has 0 atom stereocenters. The molecule has 4 saturated carbocycles. The van der Waals surface area contributed by atoms with Crippen molar-refractivity contribution in [2.45, 2.75) is 49.7 Å². The molecular formula is C14H22O3. The molecule has 0 aromatic rings. The van der Waals surface area contributed by atoms with E-state index in [1.807, 2.05) is 0 Å². The summed E-state index contributed by atoms with van der Waals surface area (Å²) in [5.74, 6) is 1.22. The van der Waals surface area contributed by atoms with Gasteiger partial charge in [0, 0.05) is 6.42 Å². The molecule has 2 N–H and O–H groups in total. The molecule has 4 bridgehead atoms. The molecule has 0 aromatic carbocycles. The summed E-state index contributed by atoms with van der Waals surface area (Å²) in [5, 5.41) is 20.2. The van der Waals surface area contributed by atoms with Crippen molar-refractivity contribution in [2.75, 3.05) is 0 Å². The van der Waals surface area contributed by atoms with Gasteiger partial charge in [-0.3, -0.25) is 0 Å². The van der Waals surface area contributed by atoms with E-state index in [0.717, 1.165) is 25.7 Å². The van der Waals surface area contributed by atoms with Crippen LogP contribution in [0, 0.1) is 11.8 Å². The Balaban J connectivity index is 0.000000188. The van der Waals surface area contributed by atoms with Crippen LogP contribution in [0.3, 0.4) is 0 Å². The molecule has 0 aliphatic heterocycles. The van der Waals surface area contributed by atoms with Crippen LogP contribution in [0.5, 0.6) is 0 Å². The van der Waals surface area contributed by atoms with Crippen molar-refractivity contribution >= 4 is 0 Å². The monoisotopic (exact) mass is 238 g/mol. The van der Waals surface area contributed by atoms with Gasteiger partial charge in [-0.1, -0.05) is 13.2 Å². The van der Waals surface area contributed by atoms with Gasteiger partial charge in [-0.2, -0.15) is 0 Å². The van der Waals surface area contributed by atoms with E-state index < -0.39 is 11.2 Å². The van der Waals surface area contributed by atoms with Gasteiger partial charge in [-0.15, -0.1) is 0 Å². The first-order chi connectivity index (χ1) is 7.99. The lowest BCUT2D eigenvalue weighted by Gasteiger charge is -2.58. The first-order valence-corrected chi connectivity index (χ1v) is 6.31. The summed E-state index contributed by atoms with van der Waals surface area (Å²) in [4.78, 5) is 0. The van der Waals surface area contributed by atoms with Gasteiger partial charge in [0.1, 0.15) is 0 Å². The molecular weight excluding hydrogens is 216 g/mol. The maximum atomic E-state index is 10.1. The highest BCUT2D eigenvalue weighted by Crippen LogP contribution is 2.57. The van der Waals surface area contributed by atoms with E-state index in [4.69, 9.17) is 0 Å². The van der Waals surface area contributed by atoms with Crippen LogP contribution in [-0.2, 0) is 4.74 Å². The maximum Gasteiger partial charge on any atom is 0.0829 e. The molecule has 0 spiro atoms. The fourth-order valence-corrected chi connectivity index (χ4v) is 4.23. The van der Waals surface area contributed by atoms with Crippen LogP contribution in [-0.4, -0.2) is 21.4 Å². The van der Waals surface area contributed by atoms with Crippen molar-refractivity contribution in [3.63, 3.8) is 0 Å². The molecule has 96 valence electrons. The maximum absolute atomic E-state index is 10.1. The highest BCUT2D eigenvalue weighted by Gasteiger charge is 2.56. The molecule has 0 amide bonds. The molecule has 3 heteroatoms. The van der Waals surface area contributed by atoms with Gasteiger partial charge in [-0.05, 0) is 43.9 Å². The van der Waals surface area contributed by atoms with E-state index in [-0.39, 0.29) is 0 Å². The standard InChI is InChI=1S/C10H16O2.C4H6O/c11-9-2-7-1-8(4-9)5-10(12,3-7)6-9;1-3-5-4-2/h7-8,11-12H,1-6H2;3-4H,1-2H2. The second kappa shape index (κ2) is 4.46. The Labute approximate surface area is 103 Å². The van der Waals surface area contributed by atoms with E-state index in [1.165, 1.54) is 18.9 Å². The SMILES string of the molecule is C=COC=C.OC12CC3CC(C1)CC(O)(C3)C2. The lowest BCUT2D eigenvalue weighted by atomic mass is 9.52. The topological polar surface area (TPSA) is 49.7 Å².